The van der Waals surface area contributed by atoms with Crippen molar-refractivity contribution in [3.05, 3.63) is 78.9 Å². The molecular weight excluding hydrogens is 371 g/mol. The van der Waals surface area contributed by atoms with Crippen molar-refractivity contribution in [2.45, 2.75) is 38.9 Å². The predicted molar refractivity (Wildman–Crippen MR) is 123 cm³/mol. The standard InChI is InChI=1S/C26H25BO3/c1-25(2)26(3,4)30-27(29-25)21-15-20-16-23(19-13-9-6-10-14-19)28-24(20)22(17-21)18-11-7-5-8-12-18/h5-17H,1-4H3. The number of hydrogen-bond acceptors (Lipinski definition) is 3. The average molecular weight is 396 g/mol. The molecular formula is C26H25BO3. The fourth-order valence-corrected chi connectivity index (χ4v) is 3.87. The summed E-state index contributed by atoms with van der Waals surface area (Å²) in [6.45, 7) is 8.31. The minimum absolute atomic E-state index is 0.384. The van der Waals surface area contributed by atoms with Gasteiger partial charge in [-0.3, -0.25) is 0 Å². The van der Waals surface area contributed by atoms with Crippen LogP contribution in [0.1, 0.15) is 27.7 Å². The molecule has 30 heavy (non-hydrogen) atoms. The van der Waals surface area contributed by atoms with Crippen molar-refractivity contribution in [1.82, 2.24) is 0 Å². The molecule has 0 N–H and O–H groups in total. The summed E-state index contributed by atoms with van der Waals surface area (Å²) in [6, 6.07) is 26.9. The SMILES string of the molecule is CC1(C)OB(c2cc(-c3ccccc3)c3oc(-c4ccccc4)cc3c2)OC1(C)C. The lowest BCUT2D eigenvalue weighted by Crippen LogP contribution is -2.41. The van der Waals surface area contributed by atoms with Gasteiger partial charge in [-0.05, 0) is 44.8 Å². The van der Waals surface area contributed by atoms with E-state index in [-0.39, 0.29) is 11.2 Å². The average Bonchev–Trinajstić information content (AvgIpc) is 3.26. The van der Waals surface area contributed by atoms with Crippen molar-refractivity contribution >= 4 is 23.6 Å². The molecule has 0 saturated carbocycles. The van der Waals surface area contributed by atoms with E-state index in [1.165, 1.54) is 0 Å². The molecule has 1 aromatic heterocycles. The third-order valence-electron chi connectivity index (χ3n) is 6.31. The van der Waals surface area contributed by atoms with Crippen LogP contribution in [0.4, 0.5) is 0 Å². The minimum Gasteiger partial charge on any atom is -0.455 e. The zero-order chi connectivity index (χ0) is 20.9. The molecule has 0 radical (unpaired) electrons. The summed E-state index contributed by atoms with van der Waals surface area (Å²) >= 11 is 0. The Hall–Kier alpha value is -2.82. The van der Waals surface area contributed by atoms with E-state index in [0.717, 1.165) is 38.9 Å². The van der Waals surface area contributed by atoms with E-state index < -0.39 is 7.12 Å². The molecule has 4 aromatic rings. The molecule has 1 aliphatic heterocycles. The molecule has 4 heteroatoms. The van der Waals surface area contributed by atoms with E-state index in [9.17, 15) is 0 Å². The number of hydrogen-bond donors (Lipinski definition) is 0. The lowest BCUT2D eigenvalue weighted by atomic mass is 9.77. The van der Waals surface area contributed by atoms with E-state index in [2.05, 4.69) is 70.2 Å². The predicted octanol–water partition coefficient (Wildman–Crippen LogP) is 6.07. The smallest absolute Gasteiger partial charge is 0.455 e. The largest absolute Gasteiger partial charge is 0.494 e. The van der Waals surface area contributed by atoms with Crippen LogP contribution < -0.4 is 5.46 Å². The van der Waals surface area contributed by atoms with Crippen molar-refractivity contribution in [1.29, 1.82) is 0 Å². The highest BCUT2D eigenvalue weighted by atomic mass is 16.7. The summed E-state index contributed by atoms with van der Waals surface area (Å²) in [4.78, 5) is 0. The van der Waals surface area contributed by atoms with Crippen LogP contribution in [0, 0.1) is 0 Å². The zero-order valence-electron chi connectivity index (χ0n) is 17.8. The number of fused-ring (bicyclic) bond motifs is 1. The van der Waals surface area contributed by atoms with E-state index in [4.69, 9.17) is 13.7 Å². The van der Waals surface area contributed by atoms with Gasteiger partial charge in [0.2, 0.25) is 0 Å². The first-order valence-electron chi connectivity index (χ1n) is 10.4. The van der Waals surface area contributed by atoms with Crippen molar-refractivity contribution in [2.24, 2.45) is 0 Å². The molecule has 3 nitrogen and oxygen atoms in total. The van der Waals surface area contributed by atoms with Crippen LogP contribution in [-0.2, 0) is 9.31 Å². The molecule has 0 spiro atoms. The van der Waals surface area contributed by atoms with Crippen LogP contribution in [0.3, 0.4) is 0 Å². The quantitative estimate of drug-likeness (QED) is 0.394. The van der Waals surface area contributed by atoms with Gasteiger partial charge in [0.05, 0.1) is 11.2 Å². The summed E-state index contributed by atoms with van der Waals surface area (Å²) in [5.41, 5.74) is 4.32. The molecule has 1 saturated heterocycles. The van der Waals surface area contributed by atoms with Crippen molar-refractivity contribution < 1.29 is 13.7 Å². The molecule has 0 bridgehead atoms. The molecule has 2 heterocycles. The Kier molecular flexibility index (Phi) is 4.39. The zero-order valence-corrected chi connectivity index (χ0v) is 17.8. The van der Waals surface area contributed by atoms with E-state index in [0.29, 0.717) is 0 Å². The third kappa shape index (κ3) is 3.17. The van der Waals surface area contributed by atoms with Gasteiger partial charge < -0.3 is 13.7 Å². The Bertz CT molecular complexity index is 1180. The minimum atomic E-state index is -0.420. The van der Waals surface area contributed by atoms with Crippen LogP contribution in [-0.4, -0.2) is 18.3 Å². The van der Waals surface area contributed by atoms with Gasteiger partial charge >= 0.3 is 7.12 Å². The fourth-order valence-electron chi connectivity index (χ4n) is 3.87. The summed E-state index contributed by atoms with van der Waals surface area (Å²) in [6.07, 6.45) is 0. The first kappa shape index (κ1) is 19.2. The summed E-state index contributed by atoms with van der Waals surface area (Å²) in [7, 11) is -0.420. The summed E-state index contributed by atoms with van der Waals surface area (Å²) < 4.78 is 19.0. The van der Waals surface area contributed by atoms with Gasteiger partial charge in [-0.2, -0.15) is 0 Å². The molecule has 150 valence electrons. The Labute approximate surface area is 177 Å². The summed E-state index contributed by atoms with van der Waals surface area (Å²) in [5, 5.41) is 1.04. The second-order valence-electron chi connectivity index (χ2n) is 8.92. The van der Waals surface area contributed by atoms with Crippen molar-refractivity contribution in [3.63, 3.8) is 0 Å². The van der Waals surface area contributed by atoms with Gasteiger partial charge in [0.25, 0.3) is 0 Å². The maximum atomic E-state index is 6.36. The fraction of sp³-hybridized carbons (Fsp3) is 0.231. The summed E-state index contributed by atoms with van der Waals surface area (Å²) in [5.74, 6) is 0.855. The van der Waals surface area contributed by atoms with Gasteiger partial charge in [0, 0.05) is 16.5 Å². The Morgan fingerprint density at radius 2 is 1.23 bits per heavy atom. The van der Waals surface area contributed by atoms with Gasteiger partial charge in [-0.1, -0.05) is 72.8 Å². The number of benzene rings is 3. The maximum Gasteiger partial charge on any atom is 0.494 e. The van der Waals surface area contributed by atoms with Crippen LogP contribution >= 0.6 is 0 Å². The Morgan fingerprint density at radius 1 is 0.667 bits per heavy atom. The molecule has 5 rings (SSSR count). The lowest BCUT2D eigenvalue weighted by Gasteiger charge is -2.32. The second-order valence-corrected chi connectivity index (χ2v) is 8.92. The molecule has 1 aliphatic rings. The van der Waals surface area contributed by atoms with E-state index >= 15 is 0 Å². The highest BCUT2D eigenvalue weighted by Gasteiger charge is 2.51. The molecule has 0 amide bonds. The number of furan rings is 1. The Morgan fingerprint density at radius 3 is 1.83 bits per heavy atom. The van der Waals surface area contributed by atoms with E-state index in [1.807, 2.05) is 36.4 Å². The molecule has 0 atom stereocenters. The van der Waals surface area contributed by atoms with Crippen molar-refractivity contribution in [2.75, 3.05) is 0 Å². The lowest BCUT2D eigenvalue weighted by molar-refractivity contribution is 0.00578. The van der Waals surface area contributed by atoms with Crippen molar-refractivity contribution in [3.8, 4) is 22.5 Å². The Balaban J connectivity index is 1.68. The highest BCUT2D eigenvalue weighted by Crippen LogP contribution is 2.38. The molecule has 1 fully saturated rings. The normalized spacial score (nSPS) is 17.5. The first-order chi connectivity index (χ1) is 14.3. The topological polar surface area (TPSA) is 31.6 Å². The van der Waals surface area contributed by atoms with Crippen LogP contribution in [0.15, 0.2) is 83.3 Å². The van der Waals surface area contributed by atoms with Gasteiger partial charge in [-0.25, -0.2) is 0 Å². The van der Waals surface area contributed by atoms with Gasteiger partial charge in [0.15, 0.2) is 0 Å². The third-order valence-corrected chi connectivity index (χ3v) is 6.31. The van der Waals surface area contributed by atoms with Gasteiger partial charge in [0.1, 0.15) is 11.3 Å². The van der Waals surface area contributed by atoms with Gasteiger partial charge in [-0.15, -0.1) is 0 Å². The molecule has 3 aromatic carbocycles. The highest BCUT2D eigenvalue weighted by molar-refractivity contribution is 6.62. The maximum absolute atomic E-state index is 6.36. The molecule has 0 aliphatic carbocycles. The van der Waals surface area contributed by atoms with Crippen LogP contribution in [0.2, 0.25) is 0 Å². The monoisotopic (exact) mass is 396 g/mol. The molecule has 0 unspecified atom stereocenters. The second kappa shape index (κ2) is 6.87. The van der Waals surface area contributed by atoms with Crippen LogP contribution in [0.25, 0.3) is 33.4 Å². The first-order valence-corrected chi connectivity index (χ1v) is 10.4. The number of rotatable bonds is 3. The van der Waals surface area contributed by atoms with Crippen LogP contribution in [0.5, 0.6) is 0 Å². The van der Waals surface area contributed by atoms with E-state index in [1.54, 1.807) is 0 Å².